The molecule has 0 saturated carbocycles. The summed E-state index contributed by atoms with van der Waals surface area (Å²) in [4.78, 5) is 0. The molecule has 0 amide bonds. The number of anilines is 1. The average Bonchev–Trinajstić information content (AvgIpc) is 2.40. The fourth-order valence-corrected chi connectivity index (χ4v) is 1.92. The Balaban J connectivity index is 2.30. The van der Waals surface area contributed by atoms with Crippen molar-refractivity contribution in [2.75, 3.05) is 5.73 Å². The first-order valence-corrected chi connectivity index (χ1v) is 6.52. The van der Waals surface area contributed by atoms with Crippen LogP contribution in [0.3, 0.4) is 0 Å². The summed E-state index contributed by atoms with van der Waals surface area (Å²) in [5, 5.41) is 0. The minimum absolute atomic E-state index is 0.109. The van der Waals surface area contributed by atoms with E-state index >= 15 is 0 Å². The summed E-state index contributed by atoms with van der Waals surface area (Å²) in [6, 6.07) is 10.8. The summed E-state index contributed by atoms with van der Waals surface area (Å²) >= 11 is 0. The van der Waals surface area contributed by atoms with Gasteiger partial charge in [0.2, 0.25) is 0 Å². The lowest BCUT2D eigenvalue weighted by Crippen LogP contribution is -2.08. The van der Waals surface area contributed by atoms with E-state index in [1.807, 2.05) is 32.0 Å². The molecule has 0 radical (unpaired) electrons. The minimum Gasteiger partial charge on any atom is -0.457 e. The third-order valence-electron chi connectivity index (χ3n) is 3.09. The molecule has 5 heteroatoms. The zero-order chi connectivity index (χ0) is 15.6. The molecular weight excluding hydrogens is 279 g/mol. The molecule has 2 aromatic carbocycles. The Morgan fingerprint density at radius 1 is 1.00 bits per heavy atom. The maximum Gasteiger partial charge on any atom is 0.418 e. The molecular formula is C16H16F3NO. The van der Waals surface area contributed by atoms with E-state index < -0.39 is 11.7 Å². The molecule has 112 valence electrons. The fraction of sp³-hybridized carbons (Fsp3) is 0.250. The summed E-state index contributed by atoms with van der Waals surface area (Å²) in [5.74, 6) is 0.919. The molecule has 0 aliphatic carbocycles. The minimum atomic E-state index is -4.50. The van der Waals surface area contributed by atoms with Crippen molar-refractivity contribution in [3.63, 3.8) is 0 Å². The van der Waals surface area contributed by atoms with Crippen molar-refractivity contribution in [2.24, 2.45) is 0 Å². The van der Waals surface area contributed by atoms with Crippen LogP contribution in [0, 0.1) is 0 Å². The number of nitrogen functional groups attached to an aromatic ring is 1. The van der Waals surface area contributed by atoms with Crippen molar-refractivity contribution in [3.8, 4) is 11.5 Å². The second-order valence-electron chi connectivity index (χ2n) is 5.08. The standard InChI is InChI=1S/C16H16F3NO/c1-10(2)11-4-3-5-12(8-11)21-13-6-7-15(20)14(9-13)16(17,18)19/h3-10H,20H2,1-2H3. The van der Waals surface area contributed by atoms with Crippen molar-refractivity contribution in [1.82, 2.24) is 0 Å². The van der Waals surface area contributed by atoms with Crippen LogP contribution in [0.4, 0.5) is 18.9 Å². The smallest absolute Gasteiger partial charge is 0.418 e. The average molecular weight is 295 g/mol. The third kappa shape index (κ3) is 3.68. The van der Waals surface area contributed by atoms with E-state index in [-0.39, 0.29) is 11.4 Å². The zero-order valence-electron chi connectivity index (χ0n) is 11.7. The van der Waals surface area contributed by atoms with Gasteiger partial charge in [0, 0.05) is 5.69 Å². The number of hydrogen-bond donors (Lipinski definition) is 1. The normalized spacial score (nSPS) is 11.7. The highest BCUT2D eigenvalue weighted by Crippen LogP contribution is 2.36. The molecule has 0 aliphatic heterocycles. The predicted molar refractivity (Wildman–Crippen MR) is 76.5 cm³/mol. The number of hydrogen-bond acceptors (Lipinski definition) is 2. The van der Waals surface area contributed by atoms with Gasteiger partial charge in [0.1, 0.15) is 11.5 Å². The highest BCUT2D eigenvalue weighted by Gasteiger charge is 2.33. The van der Waals surface area contributed by atoms with Crippen LogP contribution >= 0.6 is 0 Å². The van der Waals surface area contributed by atoms with Gasteiger partial charge in [-0.05, 0) is 41.8 Å². The Bertz CT molecular complexity index is 636. The van der Waals surface area contributed by atoms with Gasteiger partial charge in [0.05, 0.1) is 5.56 Å². The summed E-state index contributed by atoms with van der Waals surface area (Å²) in [5.41, 5.74) is 5.21. The van der Waals surface area contributed by atoms with E-state index in [1.54, 1.807) is 6.07 Å². The monoisotopic (exact) mass is 295 g/mol. The summed E-state index contributed by atoms with van der Waals surface area (Å²) < 4.78 is 43.9. The number of alkyl halides is 3. The highest BCUT2D eigenvalue weighted by molar-refractivity contribution is 5.52. The van der Waals surface area contributed by atoms with Crippen molar-refractivity contribution < 1.29 is 17.9 Å². The van der Waals surface area contributed by atoms with Gasteiger partial charge in [-0.1, -0.05) is 26.0 Å². The Labute approximate surface area is 121 Å². The van der Waals surface area contributed by atoms with E-state index in [0.717, 1.165) is 11.6 Å². The molecule has 2 nitrogen and oxygen atoms in total. The van der Waals surface area contributed by atoms with Crippen LogP contribution in [0.25, 0.3) is 0 Å². The summed E-state index contributed by atoms with van der Waals surface area (Å²) in [6.45, 7) is 4.06. The van der Waals surface area contributed by atoms with Gasteiger partial charge in [0.25, 0.3) is 0 Å². The molecule has 0 heterocycles. The molecule has 2 aromatic rings. The molecule has 2 N–H and O–H groups in total. The zero-order valence-corrected chi connectivity index (χ0v) is 11.7. The van der Waals surface area contributed by atoms with Gasteiger partial charge in [0.15, 0.2) is 0 Å². The maximum atomic E-state index is 12.8. The largest absolute Gasteiger partial charge is 0.457 e. The third-order valence-corrected chi connectivity index (χ3v) is 3.09. The van der Waals surface area contributed by atoms with Crippen molar-refractivity contribution in [2.45, 2.75) is 25.9 Å². The van der Waals surface area contributed by atoms with E-state index in [0.29, 0.717) is 11.7 Å². The quantitative estimate of drug-likeness (QED) is 0.789. The van der Waals surface area contributed by atoms with Crippen LogP contribution in [0.15, 0.2) is 42.5 Å². The van der Waals surface area contributed by atoms with Gasteiger partial charge in [-0.2, -0.15) is 13.2 Å². The molecule has 0 aliphatic rings. The lowest BCUT2D eigenvalue weighted by atomic mass is 10.0. The molecule has 0 saturated heterocycles. The predicted octanol–water partition coefficient (Wildman–Crippen LogP) is 5.20. The first-order chi connectivity index (χ1) is 9.77. The highest BCUT2D eigenvalue weighted by atomic mass is 19.4. The molecule has 0 unspecified atom stereocenters. The number of rotatable bonds is 3. The second-order valence-corrected chi connectivity index (χ2v) is 5.08. The van der Waals surface area contributed by atoms with E-state index in [1.165, 1.54) is 12.1 Å². The first kappa shape index (κ1) is 15.2. The first-order valence-electron chi connectivity index (χ1n) is 6.52. The molecule has 0 spiro atoms. The fourth-order valence-electron chi connectivity index (χ4n) is 1.92. The van der Waals surface area contributed by atoms with Crippen molar-refractivity contribution in [3.05, 3.63) is 53.6 Å². The van der Waals surface area contributed by atoms with Gasteiger partial charge in [-0.15, -0.1) is 0 Å². The van der Waals surface area contributed by atoms with Crippen molar-refractivity contribution in [1.29, 1.82) is 0 Å². The van der Waals surface area contributed by atoms with Crippen LogP contribution < -0.4 is 10.5 Å². The maximum absolute atomic E-state index is 12.8. The summed E-state index contributed by atoms with van der Waals surface area (Å²) in [6.07, 6.45) is -4.50. The summed E-state index contributed by atoms with van der Waals surface area (Å²) in [7, 11) is 0. The van der Waals surface area contributed by atoms with Gasteiger partial charge in [-0.3, -0.25) is 0 Å². The molecule has 21 heavy (non-hydrogen) atoms. The Hall–Kier alpha value is -2.17. The van der Waals surface area contributed by atoms with E-state index in [9.17, 15) is 13.2 Å². The topological polar surface area (TPSA) is 35.2 Å². The van der Waals surface area contributed by atoms with Crippen LogP contribution in [0.1, 0.15) is 30.9 Å². The Morgan fingerprint density at radius 2 is 1.67 bits per heavy atom. The number of halogens is 3. The van der Waals surface area contributed by atoms with E-state index in [4.69, 9.17) is 10.5 Å². The number of nitrogens with two attached hydrogens (primary N) is 1. The van der Waals surface area contributed by atoms with Crippen LogP contribution in [-0.2, 0) is 6.18 Å². The molecule has 0 fully saturated rings. The van der Waals surface area contributed by atoms with Crippen LogP contribution in [0.5, 0.6) is 11.5 Å². The molecule has 0 bridgehead atoms. The van der Waals surface area contributed by atoms with Crippen LogP contribution in [0.2, 0.25) is 0 Å². The van der Waals surface area contributed by atoms with Gasteiger partial charge in [-0.25, -0.2) is 0 Å². The van der Waals surface area contributed by atoms with E-state index in [2.05, 4.69) is 0 Å². The van der Waals surface area contributed by atoms with Crippen LogP contribution in [-0.4, -0.2) is 0 Å². The molecule has 0 atom stereocenters. The Morgan fingerprint density at radius 3 is 2.29 bits per heavy atom. The van der Waals surface area contributed by atoms with Gasteiger partial charge < -0.3 is 10.5 Å². The number of ether oxygens (including phenoxy) is 1. The number of benzene rings is 2. The lowest BCUT2D eigenvalue weighted by Gasteiger charge is -2.13. The molecule has 0 aromatic heterocycles. The Kier molecular flexibility index (Phi) is 4.11. The second kappa shape index (κ2) is 5.68. The molecule has 2 rings (SSSR count). The SMILES string of the molecule is CC(C)c1cccc(Oc2ccc(N)c(C(F)(F)F)c2)c1. The van der Waals surface area contributed by atoms with Gasteiger partial charge >= 0.3 is 6.18 Å². The lowest BCUT2D eigenvalue weighted by molar-refractivity contribution is -0.137. The van der Waals surface area contributed by atoms with Crippen molar-refractivity contribution >= 4 is 5.69 Å².